The minimum absolute atomic E-state index is 0.181. The van der Waals surface area contributed by atoms with Gasteiger partial charge in [-0.1, -0.05) is 12.1 Å². The molecule has 8 heteroatoms. The Morgan fingerprint density at radius 2 is 1.96 bits per heavy atom. The van der Waals surface area contributed by atoms with Crippen LogP contribution in [0.15, 0.2) is 23.3 Å². The number of benzene rings is 1. The number of aromatic nitrogens is 2. The molecule has 1 aromatic heterocycles. The monoisotopic (exact) mass is 337 g/mol. The Morgan fingerprint density at radius 1 is 1.38 bits per heavy atom. The molecule has 0 saturated carbocycles. The van der Waals surface area contributed by atoms with Gasteiger partial charge in [-0.15, -0.1) is 0 Å². The highest BCUT2D eigenvalue weighted by Crippen LogP contribution is 2.26. The highest BCUT2D eigenvalue weighted by molar-refractivity contribution is 5.93. The van der Waals surface area contributed by atoms with Gasteiger partial charge in [-0.05, 0) is 30.5 Å². The van der Waals surface area contributed by atoms with Crippen LogP contribution in [-0.4, -0.2) is 29.3 Å². The van der Waals surface area contributed by atoms with Crippen LogP contribution in [0, 0.1) is 13.8 Å². The molecule has 1 aromatic carbocycles. The average molecular weight is 337 g/mol. The molecule has 0 aliphatic carbocycles. The maximum atomic E-state index is 13.6. The number of aryl methyl sites for hydroxylation is 2. The van der Waals surface area contributed by atoms with Crippen molar-refractivity contribution in [2.45, 2.75) is 20.0 Å². The lowest BCUT2D eigenvalue weighted by Crippen LogP contribution is -2.29. The zero-order valence-electron chi connectivity index (χ0n) is 13.5. The number of nitrogen functional groups attached to an aromatic ring is 1. The summed E-state index contributed by atoms with van der Waals surface area (Å²) in [6, 6.07) is 2.90. The lowest BCUT2D eigenvalue weighted by molar-refractivity contribution is 0.0599. The van der Waals surface area contributed by atoms with E-state index in [0.717, 1.165) is 11.7 Å². The third-order valence-electron chi connectivity index (χ3n) is 3.64. The number of halogens is 2. The van der Waals surface area contributed by atoms with E-state index >= 15 is 0 Å². The molecule has 2 aromatic rings. The minimum atomic E-state index is -1.73. The van der Waals surface area contributed by atoms with Gasteiger partial charge in [0.25, 0.3) is 5.56 Å². The van der Waals surface area contributed by atoms with E-state index < -0.39 is 24.4 Å². The largest absolute Gasteiger partial charge is 0.465 e. The molecule has 0 aliphatic rings. The van der Waals surface area contributed by atoms with Gasteiger partial charge in [-0.2, -0.15) is 0 Å². The van der Waals surface area contributed by atoms with Gasteiger partial charge in [0.2, 0.25) is 0 Å². The van der Waals surface area contributed by atoms with Crippen molar-refractivity contribution >= 4 is 11.8 Å². The Kier molecular flexibility index (Phi) is 4.96. The molecule has 0 amide bonds. The second kappa shape index (κ2) is 6.77. The molecule has 0 saturated heterocycles. The molecule has 6 nitrogen and oxygen atoms in total. The van der Waals surface area contributed by atoms with E-state index in [0.29, 0.717) is 16.8 Å². The fourth-order valence-electron chi connectivity index (χ4n) is 2.56. The van der Waals surface area contributed by atoms with Crippen molar-refractivity contribution in [3.05, 3.63) is 51.1 Å². The molecule has 1 atom stereocenters. The van der Waals surface area contributed by atoms with Crippen LogP contribution in [0.1, 0.15) is 33.2 Å². The molecular formula is C16H17F2N3O3. The topological polar surface area (TPSA) is 87.2 Å². The summed E-state index contributed by atoms with van der Waals surface area (Å²) < 4.78 is 31.8. The molecule has 0 spiro atoms. The summed E-state index contributed by atoms with van der Waals surface area (Å²) in [5.74, 6) is -1.14. The molecular weight excluding hydrogens is 320 g/mol. The molecule has 0 fully saturated rings. The van der Waals surface area contributed by atoms with Gasteiger partial charge >= 0.3 is 5.97 Å². The van der Waals surface area contributed by atoms with E-state index in [4.69, 9.17) is 5.73 Å². The van der Waals surface area contributed by atoms with E-state index in [1.165, 1.54) is 18.5 Å². The summed E-state index contributed by atoms with van der Waals surface area (Å²) in [5, 5.41) is 0. The number of nitrogens with zero attached hydrogens (tertiary/aromatic N) is 2. The predicted octanol–water partition coefficient (Wildman–Crippen LogP) is 2.20. The number of carbonyl (C=O) groups excluding carboxylic acids is 1. The SMILES string of the molecule is COC(=O)c1c(N)ncn(-c2c(C)cc([C@H](F)CF)cc2C)c1=O. The number of hydrogen-bond donors (Lipinski definition) is 1. The van der Waals surface area contributed by atoms with Crippen LogP contribution in [0.3, 0.4) is 0 Å². The number of hydrogen-bond acceptors (Lipinski definition) is 5. The number of anilines is 1. The first-order valence-electron chi connectivity index (χ1n) is 7.08. The Hall–Kier alpha value is -2.77. The summed E-state index contributed by atoms with van der Waals surface area (Å²) in [5.41, 5.74) is 6.18. The molecule has 2 rings (SSSR count). The molecule has 1 heterocycles. The van der Waals surface area contributed by atoms with Crippen molar-refractivity contribution in [2.75, 3.05) is 19.5 Å². The Labute approximate surface area is 136 Å². The minimum Gasteiger partial charge on any atom is -0.465 e. The summed E-state index contributed by atoms with van der Waals surface area (Å²) in [6.45, 7) is 2.17. The number of carbonyl (C=O) groups is 1. The average Bonchev–Trinajstić information content (AvgIpc) is 2.55. The molecule has 0 aliphatic heterocycles. The van der Waals surface area contributed by atoms with Gasteiger partial charge in [0.15, 0.2) is 11.7 Å². The van der Waals surface area contributed by atoms with E-state index in [9.17, 15) is 18.4 Å². The van der Waals surface area contributed by atoms with Crippen molar-refractivity contribution in [3.8, 4) is 5.69 Å². The summed E-state index contributed by atoms with van der Waals surface area (Å²) in [4.78, 5) is 28.2. The summed E-state index contributed by atoms with van der Waals surface area (Å²) >= 11 is 0. The van der Waals surface area contributed by atoms with Gasteiger partial charge < -0.3 is 10.5 Å². The lowest BCUT2D eigenvalue weighted by atomic mass is 10.0. The molecule has 2 N–H and O–H groups in total. The van der Waals surface area contributed by atoms with Crippen molar-refractivity contribution < 1.29 is 18.3 Å². The fourth-order valence-corrected chi connectivity index (χ4v) is 2.56. The zero-order chi connectivity index (χ0) is 18.0. The molecule has 128 valence electrons. The number of nitrogens with two attached hydrogens (primary N) is 1. The van der Waals surface area contributed by atoms with E-state index in [1.54, 1.807) is 13.8 Å². The summed E-state index contributed by atoms with van der Waals surface area (Å²) in [7, 11) is 1.13. The second-order valence-corrected chi connectivity index (χ2v) is 5.30. The Morgan fingerprint density at radius 3 is 2.46 bits per heavy atom. The molecule has 0 radical (unpaired) electrons. The van der Waals surface area contributed by atoms with Gasteiger partial charge in [0.05, 0.1) is 12.8 Å². The van der Waals surface area contributed by atoms with Crippen LogP contribution in [0.25, 0.3) is 5.69 Å². The first-order chi connectivity index (χ1) is 11.3. The van der Waals surface area contributed by atoms with Gasteiger partial charge in [0, 0.05) is 0 Å². The quantitative estimate of drug-likeness (QED) is 0.864. The third-order valence-corrected chi connectivity index (χ3v) is 3.64. The Balaban J connectivity index is 2.70. The maximum Gasteiger partial charge on any atom is 0.347 e. The van der Waals surface area contributed by atoms with Crippen molar-refractivity contribution in [2.24, 2.45) is 0 Å². The van der Waals surface area contributed by atoms with Crippen LogP contribution < -0.4 is 11.3 Å². The first kappa shape index (κ1) is 17.6. The molecule has 24 heavy (non-hydrogen) atoms. The summed E-state index contributed by atoms with van der Waals surface area (Å²) in [6.07, 6.45) is -0.551. The smallest absolute Gasteiger partial charge is 0.347 e. The third kappa shape index (κ3) is 2.99. The second-order valence-electron chi connectivity index (χ2n) is 5.30. The number of alkyl halides is 2. The lowest BCUT2D eigenvalue weighted by Gasteiger charge is -2.16. The number of rotatable bonds is 4. The first-order valence-corrected chi connectivity index (χ1v) is 7.08. The maximum absolute atomic E-state index is 13.6. The van der Waals surface area contributed by atoms with Gasteiger partial charge in [-0.25, -0.2) is 18.6 Å². The van der Waals surface area contributed by atoms with Gasteiger partial charge in [-0.3, -0.25) is 9.36 Å². The van der Waals surface area contributed by atoms with Crippen molar-refractivity contribution in [1.82, 2.24) is 9.55 Å². The van der Waals surface area contributed by atoms with Crippen molar-refractivity contribution in [3.63, 3.8) is 0 Å². The standard InChI is InChI=1S/C16H17F2N3O3/c1-8-4-10(11(18)6-17)5-9(2)13(8)21-7-20-14(19)12(15(21)22)16(23)24-3/h4-5,7,11H,6,19H2,1-3H3/t11-/m1/s1. The predicted molar refractivity (Wildman–Crippen MR) is 84.9 cm³/mol. The van der Waals surface area contributed by atoms with Crippen LogP contribution in [0.5, 0.6) is 0 Å². The fraction of sp³-hybridized carbons (Fsp3) is 0.312. The van der Waals surface area contributed by atoms with E-state index in [-0.39, 0.29) is 16.9 Å². The highest BCUT2D eigenvalue weighted by Gasteiger charge is 2.21. The normalized spacial score (nSPS) is 12.0. The highest BCUT2D eigenvalue weighted by atomic mass is 19.2. The van der Waals surface area contributed by atoms with Crippen molar-refractivity contribution in [1.29, 1.82) is 0 Å². The van der Waals surface area contributed by atoms with Crippen LogP contribution in [0.4, 0.5) is 14.6 Å². The van der Waals surface area contributed by atoms with E-state index in [1.807, 2.05) is 0 Å². The van der Waals surface area contributed by atoms with Crippen LogP contribution >= 0.6 is 0 Å². The number of ether oxygens (including phenoxy) is 1. The molecule has 0 unspecified atom stereocenters. The van der Waals surface area contributed by atoms with Crippen LogP contribution in [0.2, 0.25) is 0 Å². The zero-order valence-corrected chi connectivity index (χ0v) is 13.5. The Bertz CT molecular complexity index is 826. The van der Waals surface area contributed by atoms with Gasteiger partial charge in [0.1, 0.15) is 18.8 Å². The van der Waals surface area contributed by atoms with Crippen LogP contribution in [-0.2, 0) is 4.74 Å². The number of methoxy groups -OCH3 is 1. The van der Waals surface area contributed by atoms with E-state index in [2.05, 4.69) is 9.72 Å². The number of esters is 1. The molecule has 0 bridgehead atoms.